The van der Waals surface area contributed by atoms with Crippen molar-refractivity contribution < 1.29 is 8.42 Å². The first-order valence-electron chi connectivity index (χ1n) is 4.48. The number of sulfonamides is 1. The smallest absolute Gasteiger partial charge is 0.207 e. The second-order valence-corrected chi connectivity index (χ2v) is 5.88. The number of rotatable bonds is 0. The van der Waals surface area contributed by atoms with Gasteiger partial charge in [0, 0.05) is 0 Å². The minimum Gasteiger partial charge on any atom is -0.207 e. The second kappa shape index (κ2) is 2.58. The van der Waals surface area contributed by atoms with Gasteiger partial charge in [-0.2, -0.15) is 0 Å². The summed E-state index contributed by atoms with van der Waals surface area (Å²) >= 11 is 0. The molecule has 0 radical (unpaired) electrons. The Bertz CT molecular complexity index is 489. The largest absolute Gasteiger partial charge is 0.241 e. The lowest BCUT2D eigenvalue weighted by Gasteiger charge is -2.17. The lowest BCUT2D eigenvalue weighted by atomic mass is 9.94. The number of hydrogen-bond acceptors (Lipinski definition) is 2. The molecule has 0 bridgehead atoms. The SMILES string of the molecule is Cc1ccc2c(c1)C(C)(C)NS2(=O)=O. The minimum atomic E-state index is -3.28. The number of benzene rings is 1. The Balaban J connectivity index is 2.79. The van der Waals surface area contributed by atoms with Gasteiger partial charge in [-0.1, -0.05) is 17.7 Å². The third-order valence-electron chi connectivity index (χ3n) is 2.49. The van der Waals surface area contributed by atoms with Gasteiger partial charge in [0.05, 0.1) is 10.4 Å². The van der Waals surface area contributed by atoms with Gasteiger partial charge in [0.1, 0.15) is 0 Å². The van der Waals surface area contributed by atoms with E-state index in [-0.39, 0.29) is 0 Å². The van der Waals surface area contributed by atoms with Crippen molar-refractivity contribution in [3.8, 4) is 0 Å². The molecule has 1 aliphatic heterocycles. The zero-order valence-corrected chi connectivity index (χ0v) is 9.27. The highest BCUT2D eigenvalue weighted by Crippen LogP contribution is 2.35. The first-order chi connectivity index (χ1) is 6.33. The van der Waals surface area contributed by atoms with Gasteiger partial charge in [-0.05, 0) is 32.4 Å². The summed E-state index contributed by atoms with van der Waals surface area (Å²) in [6.07, 6.45) is 0. The Hall–Kier alpha value is -0.870. The third-order valence-corrected chi connectivity index (χ3v) is 4.20. The van der Waals surface area contributed by atoms with Crippen molar-refractivity contribution in [2.24, 2.45) is 0 Å². The van der Waals surface area contributed by atoms with Crippen LogP contribution in [0.5, 0.6) is 0 Å². The Morgan fingerprint density at radius 2 is 1.93 bits per heavy atom. The van der Waals surface area contributed by atoms with Crippen LogP contribution in [0.2, 0.25) is 0 Å². The van der Waals surface area contributed by atoms with Gasteiger partial charge in [-0.15, -0.1) is 0 Å². The van der Waals surface area contributed by atoms with Gasteiger partial charge >= 0.3 is 0 Å². The summed E-state index contributed by atoms with van der Waals surface area (Å²) in [5, 5.41) is 0. The fraction of sp³-hybridized carbons (Fsp3) is 0.400. The van der Waals surface area contributed by atoms with Gasteiger partial charge in [-0.25, -0.2) is 13.1 Å². The van der Waals surface area contributed by atoms with Crippen molar-refractivity contribution in [1.82, 2.24) is 4.72 Å². The second-order valence-electron chi connectivity index (χ2n) is 4.23. The molecule has 14 heavy (non-hydrogen) atoms. The van der Waals surface area contributed by atoms with Crippen LogP contribution in [0, 0.1) is 6.92 Å². The maximum absolute atomic E-state index is 11.7. The predicted octanol–water partition coefficient (Wildman–Crippen LogP) is 1.52. The molecule has 1 aromatic carbocycles. The van der Waals surface area contributed by atoms with Crippen molar-refractivity contribution in [3.63, 3.8) is 0 Å². The molecule has 4 heteroatoms. The Kier molecular flexibility index (Phi) is 1.78. The van der Waals surface area contributed by atoms with Crippen LogP contribution in [0.15, 0.2) is 23.1 Å². The summed E-state index contributed by atoms with van der Waals surface area (Å²) in [4.78, 5) is 0.410. The monoisotopic (exact) mass is 211 g/mol. The van der Waals surface area contributed by atoms with Crippen molar-refractivity contribution >= 4 is 10.0 Å². The lowest BCUT2D eigenvalue weighted by Crippen LogP contribution is -2.32. The zero-order chi connectivity index (χ0) is 10.6. The van der Waals surface area contributed by atoms with E-state index < -0.39 is 15.6 Å². The number of fused-ring (bicyclic) bond motifs is 1. The van der Waals surface area contributed by atoms with E-state index in [1.54, 1.807) is 6.07 Å². The minimum absolute atomic E-state index is 0.410. The van der Waals surface area contributed by atoms with Gasteiger partial charge in [-0.3, -0.25) is 0 Å². The molecule has 1 N–H and O–H groups in total. The van der Waals surface area contributed by atoms with E-state index in [0.717, 1.165) is 11.1 Å². The van der Waals surface area contributed by atoms with Crippen molar-refractivity contribution in [2.75, 3.05) is 0 Å². The molecular weight excluding hydrogens is 198 g/mol. The fourth-order valence-electron chi connectivity index (χ4n) is 1.81. The summed E-state index contributed by atoms with van der Waals surface area (Å²) in [5.74, 6) is 0. The Morgan fingerprint density at radius 3 is 2.57 bits per heavy atom. The van der Waals surface area contributed by atoms with Crippen LogP contribution in [0.4, 0.5) is 0 Å². The van der Waals surface area contributed by atoms with E-state index in [0.29, 0.717) is 4.90 Å². The van der Waals surface area contributed by atoms with Crippen LogP contribution in [-0.4, -0.2) is 8.42 Å². The van der Waals surface area contributed by atoms with Crippen LogP contribution in [0.25, 0.3) is 0 Å². The number of nitrogens with one attached hydrogen (secondary N) is 1. The molecule has 76 valence electrons. The highest BCUT2D eigenvalue weighted by Gasteiger charge is 2.39. The first kappa shape index (κ1) is 9.68. The van der Waals surface area contributed by atoms with Crippen molar-refractivity contribution in [3.05, 3.63) is 29.3 Å². The van der Waals surface area contributed by atoms with E-state index in [4.69, 9.17) is 0 Å². The van der Waals surface area contributed by atoms with E-state index >= 15 is 0 Å². The highest BCUT2D eigenvalue weighted by atomic mass is 32.2. The van der Waals surface area contributed by atoms with Crippen LogP contribution >= 0.6 is 0 Å². The van der Waals surface area contributed by atoms with Gasteiger partial charge < -0.3 is 0 Å². The maximum atomic E-state index is 11.7. The standard InChI is InChI=1S/C10H13NO2S/c1-7-4-5-9-8(6-7)10(2,3)11-14(9,12)13/h4-6,11H,1-3H3. The van der Waals surface area contributed by atoms with E-state index in [1.165, 1.54) is 0 Å². The molecule has 0 unspecified atom stereocenters. The van der Waals surface area contributed by atoms with Gasteiger partial charge in [0.25, 0.3) is 0 Å². The van der Waals surface area contributed by atoms with Crippen LogP contribution in [0.1, 0.15) is 25.0 Å². The Morgan fingerprint density at radius 1 is 1.29 bits per heavy atom. The van der Waals surface area contributed by atoms with E-state index in [1.807, 2.05) is 32.9 Å². The van der Waals surface area contributed by atoms with Crippen LogP contribution < -0.4 is 4.72 Å². The topological polar surface area (TPSA) is 46.2 Å². The molecule has 1 aromatic rings. The molecule has 0 aliphatic carbocycles. The fourth-order valence-corrected chi connectivity index (χ4v) is 3.55. The molecule has 0 aromatic heterocycles. The molecule has 0 amide bonds. The van der Waals surface area contributed by atoms with Crippen molar-refractivity contribution in [1.29, 1.82) is 0 Å². The van der Waals surface area contributed by atoms with E-state index in [2.05, 4.69) is 4.72 Å². The molecule has 1 heterocycles. The molecule has 0 saturated heterocycles. The lowest BCUT2D eigenvalue weighted by molar-refractivity contribution is 0.493. The molecule has 3 nitrogen and oxygen atoms in total. The van der Waals surface area contributed by atoms with Gasteiger partial charge in [0.15, 0.2) is 0 Å². The average Bonchev–Trinajstić information content (AvgIpc) is 2.17. The zero-order valence-electron chi connectivity index (χ0n) is 8.46. The summed E-state index contributed by atoms with van der Waals surface area (Å²) in [6.45, 7) is 5.70. The summed E-state index contributed by atoms with van der Waals surface area (Å²) < 4.78 is 26.0. The molecule has 0 spiro atoms. The maximum Gasteiger partial charge on any atom is 0.241 e. The quantitative estimate of drug-likeness (QED) is 0.707. The average molecular weight is 211 g/mol. The molecule has 2 rings (SSSR count). The number of hydrogen-bond donors (Lipinski definition) is 1. The summed E-state index contributed by atoms with van der Waals surface area (Å²) in [7, 11) is -3.28. The van der Waals surface area contributed by atoms with E-state index in [9.17, 15) is 8.42 Å². The normalized spacial score (nSPS) is 21.9. The van der Waals surface area contributed by atoms with Crippen LogP contribution in [0.3, 0.4) is 0 Å². The highest BCUT2D eigenvalue weighted by molar-refractivity contribution is 7.89. The molecule has 0 atom stereocenters. The molecule has 1 aliphatic rings. The van der Waals surface area contributed by atoms with Crippen LogP contribution in [-0.2, 0) is 15.6 Å². The van der Waals surface area contributed by atoms with Crippen molar-refractivity contribution in [2.45, 2.75) is 31.2 Å². The summed E-state index contributed by atoms with van der Waals surface area (Å²) in [5.41, 5.74) is 1.45. The summed E-state index contributed by atoms with van der Waals surface area (Å²) in [6, 6.07) is 5.41. The molecular formula is C10H13NO2S. The van der Waals surface area contributed by atoms with Gasteiger partial charge in [0.2, 0.25) is 10.0 Å². The Labute approximate surface area is 84.2 Å². The molecule has 0 fully saturated rings. The third kappa shape index (κ3) is 1.26. The predicted molar refractivity (Wildman–Crippen MR) is 54.5 cm³/mol. The number of aryl methyl sites for hydroxylation is 1. The molecule has 0 saturated carbocycles. The first-order valence-corrected chi connectivity index (χ1v) is 5.96.